The van der Waals surface area contributed by atoms with Gasteiger partial charge in [0.15, 0.2) is 5.78 Å². The number of carbonyl (C=O) groups excluding carboxylic acids is 1. The molecule has 0 atom stereocenters. The van der Waals surface area contributed by atoms with Gasteiger partial charge < -0.3 is 0 Å². The first kappa shape index (κ1) is 7.92. The highest BCUT2D eigenvalue weighted by Gasteiger charge is 2.12. The van der Waals surface area contributed by atoms with Crippen LogP contribution in [0.25, 0.3) is 0 Å². The molecule has 0 aliphatic carbocycles. The minimum atomic E-state index is 0.0475. The number of hydrogen-bond acceptors (Lipinski definition) is 2. The second kappa shape index (κ2) is 2.82. The van der Waals surface area contributed by atoms with Crippen LogP contribution in [0, 0.1) is 0 Å². The van der Waals surface area contributed by atoms with Gasteiger partial charge in [0.05, 0.1) is 0 Å². The fraction of sp³-hybridized carbons (Fsp3) is 0.333. The molecule has 1 rings (SSSR count). The van der Waals surface area contributed by atoms with Gasteiger partial charge in [-0.3, -0.25) is 9.79 Å². The van der Waals surface area contributed by atoms with E-state index >= 15 is 0 Å². The summed E-state index contributed by atoms with van der Waals surface area (Å²) in [6.07, 6.45) is 2.33. The zero-order valence-electron chi connectivity index (χ0n) is 6.85. The van der Waals surface area contributed by atoms with Crippen LogP contribution < -0.4 is 0 Å². The standard InChI is InChI=1S/C9H11NO/c1-6-4-7(2)10-5-9(6)8(3)11/h5H,1,4H2,2-3H3. The van der Waals surface area contributed by atoms with E-state index in [4.69, 9.17) is 0 Å². The second-order valence-corrected chi connectivity index (χ2v) is 2.74. The Morgan fingerprint density at radius 2 is 2.36 bits per heavy atom. The van der Waals surface area contributed by atoms with Crippen molar-refractivity contribution in [3.8, 4) is 0 Å². The lowest BCUT2D eigenvalue weighted by atomic mass is 9.98. The molecule has 0 aromatic heterocycles. The second-order valence-electron chi connectivity index (χ2n) is 2.74. The summed E-state index contributed by atoms with van der Waals surface area (Å²) in [6.45, 7) is 7.26. The highest BCUT2D eigenvalue weighted by Crippen LogP contribution is 2.18. The molecular formula is C9H11NO. The Labute approximate surface area is 66.3 Å². The van der Waals surface area contributed by atoms with Crippen molar-refractivity contribution in [2.24, 2.45) is 4.99 Å². The fourth-order valence-electron chi connectivity index (χ4n) is 1.06. The molecule has 0 radical (unpaired) electrons. The van der Waals surface area contributed by atoms with Gasteiger partial charge in [-0.25, -0.2) is 0 Å². The molecule has 0 amide bonds. The van der Waals surface area contributed by atoms with Crippen LogP contribution in [0.5, 0.6) is 0 Å². The van der Waals surface area contributed by atoms with E-state index in [0.717, 1.165) is 17.7 Å². The quantitative estimate of drug-likeness (QED) is 0.559. The number of allylic oxidation sites excluding steroid dienone is 2. The molecule has 2 nitrogen and oxygen atoms in total. The molecule has 0 aromatic carbocycles. The number of hydrogen-bond donors (Lipinski definition) is 0. The first-order chi connectivity index (χ1) is 5.11. The zero-order chi connectivity index (χ0) is 8.43. The lowest BCUT2D eigenvalue weighted by Gasteiger charge is -2.10. The average Bonchev–Trinajstić information content (AvgIpc) is 1.85. The summed E-state index contributed by atoms with van der Waals surface area (Å²) in [5.74, 6) is 0.0475. The largest absolute Gasteiger partial charge is 0.294 e. The van der Waals surface area contributed by atoms with Crippen molar-refractivity contribution >= 4 is 11.5 Å². The van der Waals surface area contributed by atoms with Gasteiger partial charge in [0, 0.05) is 23.9 Å². The van der Waals surface area contributed by atoms with Gasteiger partial charge in [-0.2, -0.15) is 0 Å². The summed E-state index contributed by atoms with van der Waals surface area (Å²) in [5, 5.41) is 0. The molecule has 2 heteroatoms. The topological polar surface area (TPSA) is 29.4 Å². The summed E-state index contributed by atoms with van der Waals surface area (Å²) >= 11 is 0. The Morgan fingerprint density at radius 3 is 2.82 bits per heavy atom. The Bertz CT molecular complexity index is 271. The lowest BCUT2D eigenvalue weighted by molar-refractivity contribution is -0.113. The van der Waals surface area contributed by atoms with Gasteiger partial charge in [0.25, 0.3) is 0 Å². The van der Waals surface area contributed by atoms with Crippen LogP contribution >= 0.6 is 0 Å². The molecule has 0 saturated carbocycles. The molecular weight excluding hydrogens is 138 g/mol. The molecule has 1 aliphatic heterocycles. The lowest BCUT2D eigenvalue weighted by Crippen LogP contribution is -2.07. The molecule has 0 unspecified atom stereocenters. The molecule has 1 aliphatic rings. The van der Waals surface area contributed by atoms with Crippen molar-refractivity contribution in [3.63, 3.8) is 0 Å². The van der Waals surface area contributed by atoms with Crippen molar-refractivity contribution in [2.75, 3.05) is 0 Å². The highest BCUT2D eigenvalue weighted by molar-refractivity contribution is 6.01. The van der Waals surface area contributed by atoms with E-state index < -0.39 is 0 Å². The van der Waals surface area contributed by atoms with E-state index in [-0.39, 0.29) is 5.78 Å². The third kappa shape index (κ3) is 1.64. The van der Waals surface area contributed by atoms with Crippen molar-refractivity contribution in [1.29, 1.82) is 0 Å². The molecule has 0 saturated heterocycles. The summed E-state index contributed by atoms with van der Waals surface area (Å²) in [5.41, 5.74) is 2.56. The Kier molecular flexibility index (Phi) is 2.03. The van der Waals surface area contributed by atoms with Crippen molar-refractivity contribution < 1.29 is 4.79 Å². The van der Waals surface area contributed by atoms with Crippen molar-refractivity contribution in [3.05, 3.63) is 23.9 Å². The Morgan fingerprint density at radius 1 is 1.73 bits per heavy atom. The number of Topliss-reactive ketones (excluding diaryl/α,β-unsaturated/α-hetero) is 1. The Balaban J connectivity index is 2.96. The van der Waals surface area contributed by atoms with Gasteiger partial charge in [-0.1, -0.05) is 6.58 Å². The number of nitrogens with zero attached hydrogens (tertiary/aromatic N) is 1. The summed E-state index contributed by atoms with van der Waals surface area (Å²) in [4.78, 5) is 15.0. The first-order valence-corrected chi connectivity index (χ1v) is 3.54. The van der Waals surface area contributed by atoms with E-state index in [9.17, 15) is 4.79 Å². The van der Waals surface area contributed by atoms with Crippen molar-refractivity contribution in [1.82, 2.24) is 0 Å². The van der Waals surface area contributed by atoms with Crippen LogP contribution in [0.2, 0.25) is 0 Å². The van der Waals surface area contributed by atoms with E-state index in [0.29, 0.717) is 5.57 Å². The summed E-state index contributed by atoms with van der Waals surface area (Å²) in [6, 6.07) is 0. The van der Waals surface area contributed by atoms with Gasteiger partial charge in [0.1, 0.15) is 0 Å². The van der Waals surface area contributed by atoms with Gasteiger partial charge in [-0.05, 0) is 19.4 Å². The predicted molar refractivity (Wildman–Crippen MR) is 45.6 cm³/mol. The van der Waals surface area contributed by atoms with Crippen molar-refractivity contribution in [2.45, 2.75) is 20.3 Å². The van der Waals surface area contributed by atoms with E-state index in [1.54, 1.807) is 6.20 Å². The monoisotopic (exact) mass is 149 g/mol. The minimum absolute atomic E-state index is 0.0475. The maximum Gasteiger partial charge on any atom is 0.161 e. The van der Waals surface area contributed by atoms with Crippen LogP contribution in [0.4, 0.5) is 0 Å². The van der Waals surface area contributed by atoms with E-state index in [1.807, 2.05) is 6.92 Å². The highest BCUT2D eigenvalue weighted by atomic mass is 16.1. The SMILES string of the molecule is C=C1CC(C)=NC=C1C(C)=O. The normalized spacial score (nSPS) is 17.5. The number of ketones is 1. The first-order valence-electron chi connectivity index (χ1n) is 3.54. The average molecular weight is 149 g/mol. The fourth-order valence-corrected chi connectivity index (χ4v) is 1.06. The van der Waals surface area contributed by atoms with Gasteiger partial charge >= 0.3 is 0 Å². The molecule has 0 bridgehead atoms. The molecule has 0 aromatic rings. The van der Waals surface area contributed by atoms with Crippen LogP contribution in [0.3, 0.4) is 0 Å². The van der Waals surface area contributed by atoms with Crippen LogP contribution in [-0.4, -0.2) is 11.5 Å². The van der Waals surface area contributed by atoms with Gasteiger partial charge in [0.2, 0.25) is 0 Å². The summed E-state index contributed by atoms with van der Waals surface area (Å²) < 4.78 is 0. The third-order valence-corrected chi connectivity index (χ3v) is 1.64. The zero-order valence-corrected chi connectivity index (χ0v) is 6.85. The molecule has 0 spiro atoms. The van der Waals surface area contributed by atoms with Crippen LogP contribution in [0.15, 0.2) is 28.9 Å². The number of rotatable bonds is 1. The maximum atomic E-state index is 10.9. The molecule has 58 valence electrons. The minimum Gasteiger partial charge on any atom is -0.294 e. The molecule has 0 fully saturated rings. The predicted octanol–water partition coefficient (Wildman–Crippen LogP) is 1.88. The van der Waals surface area contributed by atoms with Gasteiger partial charge in [-0.15, -0.1) is 0 Å². The number of aliphatic imine (C=N–C) groups is 1. The molecule has 0 N–H and O–H groups in total. The smallest absolute Gasteiger partial charge is 0.161 e. The van der Waals surface area contributed by atoms with Crippen LogP contribution in [0.1, 0.15) is 20.3 Å². The molecule has 11 heavy (non-hydrogen) atoms. The van der Waals surface area contributed by atoms with Crippen LogP contribution in [-0.2, 0) is 4.79 Å². The number of carbonyl (C=O) groups is 1. The molecule has 1 heterocycles. The third-order valence-electron chi connectivity index (χ3n) is 1.64. The van der Waals surface area contributed by atoms with E-state index in [1.165, 1.54) is 6.92 Å². The maximum absolute atomic E-state index is 10.9. The summed E-state index contributed by atoms with van der Waals surface area (Å²) in [7, 11) is 0. The Hall–Kier alpha value is -1.18. The van der Waals surface area contributed by atoms with E-state index in [2.05, 4.69) is 11.6 Å².